The number of ether oxygens (including phenoxy) is 1. The molecule has 146 valence electrons. The molecule has 7 nitrogen and oxygen atoms in total. The Bertz CT molecular complexity index is 736. The lowest BCUT2D eigenvalue weighted by atomic mass is 9.86. The van der Waals surface area contributed by atoms with Gasteiger partial charge in [-0.1, -0.05) is 18.2 Å². The van der Waals surface area contributed by atoms with E-state index < -0.39 is 5.54 Å². The molecule has 0 aromatic heterocycles. The van der Waals surface area contributed by atoms with Gasteiger partial charge in [0, 0.05) is 12.2 Å². The maximum atomic E-state index is 13.1. The molecule has 1 aromatic carbocycles. The van der Waals surface area contributed by atoms with Gasteiger partial charge in [-0.2, -0.15) is 0 Å². The molecule has 2 heterocycles. The number of nitrogens with one attached hydrogen (secondary N) is 1. The Kier molecular flexibility index (Phi) is 5.79. The Morgan fingerprint density at radius 2 is 1.89 bits per heavy atom. The van der Waals surface area contributed by atoms with Crippen molar-refractivity contribution in [1.29, 1.82) is 0 Å². The third-order valence-corrected chi connectivity index (χ3v) is 5.65. The first-order valence-corrected chi connectivity index (χ1v) is 9.43. The van der Waals surface area contributed by atoms with Gasteiger partial charge in [0.05, 0.1) is 20.2 Å². The number of ketones is 1. The van der Waals surface area contributed by atoms with Gasteiger partial charge in [0.15, 0.2) is 5.78 Å². The molecule has 7 heteroatoms. The first-order chi connectivity index (χ1) is 13.0. The van der Waals surface area contributed by atoms with Gasteiger partial charge in [-0.15, -0.1) is 0 Å². The van der Waals surface area contributed by atoms with Crippen molar-refractivity contribution in [2.24, 2.45) is 0 Å². The number of benzene rings is 1. The Morgan fingerprint density at radius 3 is 2.59 bits per heavy atom. The van der Waals surface area contributed by atoms with Gasteiger partial charge >= 0.3 is 12.0 Å². The molecule has 1 atom stereocenters. The zero-order chi connectivity index (χ0) is 19.4. The van der Waals surface area contributed by atoms with Crippen LogP contribution in [0.2, 0.25) is 0 Å². The number of anilines is 1. The highest BCUT2D eigenvalue weighted by atomic mass is 16.5. The number of aryl methyl sites for hydroxylation is 1. The first kappa shape index (κ1) is 19.4. The monoisotopic (exact) mass is 373 g/mol. The minimum absolute atomic E-state index is 0.0151. The highest BCUT2D eigenvalue weighted by molar-refractivity contribution is 5.98. The van der Waals surface area contributed by atoms with E-state index in [9.17, 15) is 14.4 Å². The van der Waals surface area contributed by atoms with E-state index in [-0.39, 0.29) is 30.9 Å². The number of amides is 2. The molecule has 27 heavy (non-hydrogen) atoms. The second-order valence-corrected chi connectivity index (χ2v) is 7.35. The summed E-state index contributed by atoms with van der Waals surface area (Å²) in [5.74, 6) is -0.333. The van der Waals surface area contributed by atoms with Crippen molar-refractivity contribution in [3.8, 4) is 0 Å². The summed E-state index contributed by atoms with van der Waals surface area (Å²) in [5.41, 5.74) is 0.978. The van der Waals surface area contributed by atoms with Crippen LogP contribution >= 0.6 is 0 Å². The van der Waals surface area contributed by atoms with Gasteiger partial charge in [0.25, 0.3) is 0 Å². The van der Waals surface area contributed by atoms with Gasteiger partial charge in [0.1, 0.15) is 5.54 Å². The number of carbonyl (C=O) groups excluding carboxylic acids is 3. The Hall–Kier alpha value is -2.41. The van der Waals surface area contributed by atoms with Crippen molar-refractivity contribution >= 4 is 23.5 Å². The number of carbonyl (C=O) groups is 3. The first-order valence-electron chi connectivity index (χ1n) is 9.43. The van der Waals surface area contributed by atoms with Crippen LogP contribution in [0.25, 0.3) is 0 Å². The van der Waals surface area contributed by atoms with Crippen molar-refractivity contribution in [2.45, 2.75) is 38.1 Å². The van der Waals surface area contributed by atoms with E-state index in [4.69, 9.17) is 4.74 Å². The number of hydrogen-bond acceptors (Lipinski definition) is 5. The number of esters is 1. The lowest BCUT2D eigenvalue weighted by Gasteiger charge is -2.36. The second kappa shape index (κ2) is 8.08. The van der Waals surface area contributed by atoms with E-state index >= 15 is 0 Å². The quantitative estimate of drug-likeness (QED) is 0.822. The van der Waals surface area contributed by atoms with Gasteiger partial charge in [0.2, 0.25) is 0 Å². The summed E-state index contributed by atoms with van der Waals surface area (Å²) in [7, 11) is 1.35. The molecule has 2 aliphatic heterocycles. The van der Waals surface area contributed by atoms with Gasteiger partial charge < -0.3 is 15.0 Å². The molecule has 0 aliphatic carbocycles. The molecule has 1 spiro atoms. The van der Waals surface area contributed by atoms with Crippen LogP contribution < -0.4 is 5.32 Å². The molecule has 0 saturated carbocycles. The minimum atomic E-state index is -0.766. The van der Waals surface area contributed by atoms with Crippen LogP contribution in [0.15, 0.2) is 24.3 Å². The smallest absolute Gasteiger partial charge is 0.322 e. The fourth-order valence-electron chi connectivity index (χ4n) is 4.17. The topological polar surface area (TPSA) is 79.0 Å². The molecule has 0 bridgehead atoms. The molecule has 1 unspecified atom stereocenters. The zero-order valence-corrected chi connectivity index (χ0v) is 16.0. The maximum absolute atomic E-state index is 13.1. The summed E-state index contributed by atoms with van der Waals surface area (Å²) >= 11 is 0. The van der Waals surface area contributed by atoms with E-state index in [1.54, 1.807) is 4.90 Å². The number of nitrogens with zero attached hydrogens (tertiary/aromatic N) is 2. The van der Waals surface area contributed by atoms with Gasteiger partial charge in [-0.25, -0.2) is 4.79 Å². The second-order valence-electron chi connectivity index (χ2n) is 7.35. The predicted molar refractivity (Wildman–Crippen MR) is 102 cm³/mol. The highest BCUT2D eigenvalue weighted by Gasteiger charge is 2.50. The molecule has 1 N–H and O–H groups in total. The average Bonchev–Trinajstić information content (AvgIpc) is 3.01. The van der Waals surface area contributed by atoms with E-state index in [1.807, 2.05) is 36.1 Å². The number of para-hydroxylation sites is 1. The van der Waals surface area contributed by atoms with E-state index in [2.05, 4.69) is 5.32 Å². The molecule has 2 fully saturated rings. The Morgan fingerprint density at radius 1 is 1.19 bits per heavy atom. The van der Waals surface area contributed by atoms with Gasteiger partial charge in [-0.05, 0) is 50.8 Å². The molecule has 3 rings (SSSR count). The summed E-state index contributed by atoms with van der Waals surface area (Å²) in [6.45, 7) is 3.43. The van der Waals surface area contributed by atoms with E-state index in [0.717, 1.165) is 24.1 Å². The summed E-state index contributed by atoms with van der Waals surface area (Å²) in [4.78, 5) is 41.2. The SMILES string of the molecule is COC(=O)CN1CCCC2(CCCN2C(=O)Nc2ccccc2C)C(=O)C1. The van der Waals surface area contributed by atoms with E-state index in [1.165, 1.54) is 7.11 Å². The number of Topliss-reactive ketones (excluding diaryl/α,β-unsaturated/α-hetero) is 1. The van der Waals surface area contributed by atoms with Crippen LogP contribution in [-0.4, -0.2) is 66.4 Å². The Labute approximate surface area is 159 Å². The number of urea groups is 1. The normalized spacial score (nSPS) is 23.3. The van der Waals surface area contributed by atoms with E-state index in [0.29, 0.717) is 25.9 Å². The summed E-state index contributed by atoms with van der Waals surface area (Å²) < 4.78 is 4.72. The van der Waals surface area contributed by atoms with Crippen LogP contribution in [0.4, 0.5) is 10.5 Å². The largest absolute Gasteiger partial charge is 0.468 e. The van der Waals surface area contributed by atoms with Crippen LogP contribution in [-0.2, 0) is 14.3 Å². The molecule has 2 amide bonds. The standard InChI is InChI=1S/C20H27N3O4/c1-15-7-3-4-8-16(15)21-19(26)23-12-6-10-20(23)9-5-11-22(13-17(20)24)14-18(25)27-2/h3-4,7-8H,5-6,9-14H2,1-2H3,(H,21,26). The molecular weight excluding hydrogens is 346 g/mol. The van der Waals surface area contributed by atoms with Crippen molar-refractivity contribution in [3.63, 3.8) is 0 Å². The molecule has 2 saturated heterocycles. The van der Waals surface area contributed by atoms with Crippen LogP contribution in [0.1, 0.15) is 31.2 Å². The van der Waals surface area contributed by atoms with Crippen molar-refractivity contribution < 1.29 is 19.1 Å². The van der Waals surface area contributed by atoms with Crippen LogP contribution in [0.3, 0.4) is 0 Å². The molecular formula is C20H27N3O4. The van der Waals surface area contributed by atoms with Gasteiger partial charge in [-0.3, -0.25) is 14.5 Å². The maximum Gasteiger partial charge on any atom is 0.322 e. The van der Waals surface area contributed by atoms with Crippen LogP contribution in [0, 0.1) is 6.92 Å². The summed E-state index contributed by atoms with van der Waals surface area (Å²) in [6, 6.07) is 7.38. The Balaban J connectivity index is 1.75. The van der Waals surface area contributed by atoms with Crippen molar-refractivity contribution in [2.75, 3.05) is 38.6 Å². The number of rotatable bonds is 3. The lowest BCUT2D eigenvalue weighted by Crippen LogP contribution is -2.55. The number of methoxy groups -OCH3 is 1. The molecule has 0 radical (unpaired) electrons. The fourth-order valence-corrected chi connectivity index (χ4v) is 4.17. The molecule has 1 aromatic rings. The minimum Gasteiger partial charge on any atom is -0.468 e. The lowest BCUT2D eigenvalue weighted by molar-refractivity contribution is -0.142. The highest BCUT2D eigenvalue weighted by Crippen LogP contribution is 2.37. The summed E-state index contributed by atoms with van der Waals surface area (Å²) in [6.07, 6.45) is 2.88. The third-order valence-electron chi connectivity index (χ3n) is 5.65. The number of likely N-dealkylation sites (tertiary alicyclic amines) is 2. The van der Waals surface area contributed by atoms with Crippen molar-refractivity contribution in [3.05, 3.63) is 29.8 Å². The average molecular weight is 373 g/mol. The molecule has 2 aliphatic rings. The third kappa shape index (κ3) is 3.98. The zero-order valence-electron chi connectivity index (χ0n) is 16.0. The number of hydrogen-bond donors (Lipinski definition) is 1. The predicted octanol–water partition coefficient (Wildman–Crippen LogP) is 2.20. The fraction of sp³-hybridized carbons (Fsp3) is 0.550. The van der Waals surface area contributed by atoms with Crippen LogP contribution in [0.5, 0.6) is 0 Å². The van der Waals surface area contributed by atoms with Crippen molar-refractivity contribution in [1.82, 2.24) is 9.80 Å². The summed E-state index contributed by atoms with van der Waals surface area (Å²) in [5, 5.41) is 2.96.